The lowest BCUT2D eigenvalue weighted by atomic mass is 10.2. The Kier molecular flexibility index (Phi) is 5.26. The highest BCUT2D eigenvalue weighted by atomic mass is 19.1. The van der Waals surface area contributed by atoms with Crippen molar-refractivity contribution in [3.8, 4) is 0 Å². The second-order valence-electron chi connectivity index (χ2n) is 2.26. The lowest BCUT2D eigenvalue weighted by Gasteiger charge is -1.97. The maximum atomic E-state index is 12.7. The van der Waals surface area contributed by atoms with Gasteiger partial charge in [-0.15, -0.1) is 0 Å². The van der Waals surface area contributed by atoms with E-state index in [0.29, 0.717) is 12.0 Å². The highest BCUT2D eigenvalue weighted by Gasteiger charge is 1.98. The zero-order chi connectivity index (χ0) is 9.56. The predicted molar refractivity (Wildman–Crippen MR) is 49.7 cm³/mol. The van der Waals surface area contributed by atoms with Crippen LogP contribution in [0.2, 0.25) is 0 Å². The Morgan fingerprint density at radius 3 is 2.33 bits per heavy atom. The number of hydrogen-bond acceptors (Lipinski definition) is 1. The molecule has 0 aliphatic heterocycles. The molecule has 1 aromatic rings. The molecular formula is C10H16FN. The summed E-state index contributed by atoms with van der Waals surface area (Å²) in [5, 5.41) is 0. The summed E-state index contributed by atoms with van der Waals surface area (Å²) in [7, 11) is 0. The van der Waals surface area contributed by atoms with Crippen LogP contribution in [0.25, 0.3) is 0 Å². The molecule has 0 unspecified atom stereocenters. The van der Waals surface area contributed by atoms with Gasteiger partial charge in [-0.1, -0.05) is 26.8 Å². The first kappa shape index (κ1) is 11.1. The van der Waals surface area contributed by atoms with E-state index in [-0.39, 0.29) is 5.95 Å². The van der Waals surface area contributed by atoms with Crippen molar-refractivity contribution in [1.29, 1.82) is 0 Å². The predicted octanol–water partition coefficient (Wildman–Crippen LogP) is 3.12. The SMILES string of the molecule is CC.CCc1ccc(C)nc1F. The maximum absolute atomic E-state index is 12.7. The quantitative estimate of drug-likeness (QED) is 0.588. The molecule has 0 bridgehead atoms. The fraction of sp³-hybridized carbons (Fsp3) is 0.500. The molecule has 1 nitrogen and oxygen atoms in total. The average Bonchev–Trinajstić information content (AvgIpc) is 2.08. The number of hydrogen-bond donors (Lipinski definition) is 0. The second-order valence-corrected chi connectivity index (χ2v) is 2.26. The zero-order valence-electron chi connectivity index (χ0n) is 8.19. The molecule has 0 radical (unpaired) electrons. The molecule has 68 valence electrons. The average molecular weight is 169 g/mol. The molecule has 1 heterocycles. The molecule has 1 aromatic heterocycles. The first-order valence-electron chi connectivity index (χ1n) is 4.36. The Bertz CT molecular complexity index is 233. The van der Waals surface area contributed by atoms with E-state index in [1.807, 2.05) is 26.8 Å². The normalized spacial score (nSPS) is 8.75. The Labute approximate surface area is 73.6 Å². The molecule has 0 atom stereocenters. The van der Waals surface area contributed by atoms with Crippen LogP contribution in [-0.2, 0) is 6.42 Å². The Morgan fingerprint density at radius 1 is 1.33 bits per heavy atom. The minimum absolute atomic E-state index is 0.331. The number of nitrogens with zero attached hydrogens (tertiary/aromatic N) is 1. The van der Waals surface area contributed by atoms with Gasteiger partial charge in [0.2, 0.25) is 5.95 Å². The molecule has 0 amide bonds. The minimum atomic E-state index is -0.331. The van der Waals surface area contributed by atoms with Crippen molar-refractivity contribution in [3.05, 3.63) is 29.3 Å². The third-order valence-corrected chi connectivity index (χ3v) is 1.45. The summed E-state index contributed by atoms with van der Waals surface area (Å²) in [6, 6.07) is 3.60. The zero-order valence-corrected chi connectivity index (χ0v) is 8.19. The standard InChI is InChI=1S/C8H10FN.C2H6/c1-3-7-5-4-6(2)10-8(7)9;1-2/h4-5H,3H2,1-2H3;1-2H3. The fourth-order valence-electron chi connectivity index (χ4n) is 0.818. The lowest BCUT2D eigenvalue weighted by molar-refractivity contribution is 0.565. The van der Waals surface area contributed by atoms with Crippen molar-refractivity contribution in [2.24, 2.45) is 0 Å². The van der Waals surface area contributed by atoms with Crippen molar-refractivity contribution in [2.75, 3.05) is 0 Å². The van der Waals surface area contributed by atoms with E-state index < -0.39 is 0 Å². The smallest absolute Gasteiger partial charge is 0.216 e. The highest BCUT2D eigenvalue weighted by molar-refractivity contribution is 5.14. The van der Waals surface area contributed by atoms with E-state index in [1.165, 1.54) is 0 Å². The number of rotatable bonds is 1. The van der Waals surface area contributed by atoms with E-state index >= 15 is 0 Å². The third kappa shape index (κ3) is 2.99. The maximum Gasteiger partial charge on any atom is 0.216 e. The van der Waals surface area contributed by atoms with Crippen LogP contribution in [0.3, 0.4) is 0 Å². The summed E-state index contributed by atoms with van der Waals surface area (Å²) < 4.78 is 12.7. The first-order valence-corrected chi connectivity index (χ1v) is 4.36. The highest BCUT2D eigenvalue weighted by Crippen LogP contribution is 2.05. The van der Waals surface area contributed by atoms with Crippen LogP contribution >= 0.6 is 0 Å². The van der Waals surface area contributed by atoms with Crippen LogP contribution in [0.15, 0.2) is 12.1 Å². The van der Waals surface area contributed by atoms with Gasteiger partial charge in [0.15, 0.2) is 0 Å². The van der Waals surface area contributed by atoms with E-state index in [4.69, 9.17) is 0 Å². The Morgan fingerprint density at radius 2 is 1.92 bits per heavy atom. The van der Waals surface area contributed by atoms with Gasteiger partial charge in [0.1, 0.15) is 0 Å². The first-order chi connectivity index (χ1) is 5.74. The summed E-state index contributed by atoms with van der Waals surface area (Å²) >= 11 is 0. The van der Waals surface area contributed by atoms with Crippen LogP contribution < -0.4 is 0 Å². The number of halogens is 1. The van der Waals surface area contributed by atoms with Crippen LogP contribution in [0.5, 0.6) is 0 Å². The molecule has 0 aromatic carbocycles. The van der Waals surface area contributed by atoms with Crippen molar-refractivity contribution in [3.63, 3.8) is 0 Å². The summed E-state index contributed by atoms with van der Waals surface area (Å²) in [6.07, 6.45) is 0.707. The van der Waals surface area contributed by atoms with Gasteiger partial charge >= 0.3 is 0 Å². The molecule has 1 rings (SSSR count). The topological polar surface area (TPSA) is 12.9 Å². The van der Waals surface area contributed by atoms with E-state index in [2.05, 4.69) is 4.98 Å². The number of aryl methyl sites for hydroxylation is 2. The van der Waals surface area contributed by atoms with Crippen molar-refractivity contribution >= 4 is 0 Å². The van der Waals surface area contributed by atoms with Crippen LogP contribution in [0, 0.1) is 12.9 Å². The molecule has 12 heavy (non-hydrogen) atoms. The number of aromatic nitrogens is 1. The minimum Gasteiger partial charge on any atom is -0.225 e. The summed E-state index contributed by atoms with van der Waals surface area (Å²) in [5.41, 5.74) is 1.42. The van der Waals surface area contributed by atoms with Gasteiger partial charge in [0, 0.05) is 11.3 Å². The van der Waals surface area contributed by atoms with Crippen molar-refractivity contribution in [2.45, 2.75) is 34.1 Å². The van der Waals surface area contributed by atoms with Gasteiger partial charge in [0.05, 0.1) is 0 Å². The van der Waals surface area contributed by atoms with E-state index in [1.54, 1.807) is 13.0 Å². The Hall–Kier alpha value is -0.920. The molecule has 0 saturated heterocycles. The summed E-state index contributed by atoms with van der Waals surface area (Å²) in [4.78, 5) is 3.68. The second kappa shape index (κ2) is 5.70. The number of pyridine rings is 1. The molecule has 0 saturated carbocycles. The molecule has 0 aliphatic carbocycles. The summed E-state index contributed by atoms with van der Waals surface area (Å²) in [5.74, 6) is -0.331. The molecule has 0 spiro atoms. The molecular weight excluding hydrogens is 153 g/mol. The molecule has 2 heteroatoms. The van der Waals surface area contributed by atoms with Crippen LogP contribution in [-0.4, -0.2) is 4.98 Å². The van der Waals surface area contributed by atoms with Gasteiger partial charge in [-0.3, -0.25) is 0 Å². The monoisotopic (exact) mass is 169 g/mol. The van der Waals surface area contributed by atoms with Crippen molar-refractivity contribution < 1.29 is 4.39 Å². The van der Waals surface area contributed by atoms with E-state index in [9.17, 15) is 4.39 Å². The van der Waals surface area contributed by atoms with Crippen LogP contribution in [0.1, 0.15) is 32.0 Å². The molecule has 0 aliphatic rings. The van der Waals surface area contributed by atoms with Gasteiger partial charge in [-0.2, -0.15) is 4.39 Å². The fourth-order valence-corrected chi connectivity index (χ4v) is 0.818. The van der Waals surface area contributed by atoms with Gasteiger partial charge < -0.3 is 0 Å². The summed E-state index contributed by atoms with van der Waals surface area (Å²) in [6.45, 7) is 7.69. The van der Waals surface area contributed by atoms with Crippen LogP contribution in [0.4, 0.5) is 4.39 Å². The molecule has 0 fully saturated rings. The van der Waals surface area contributed by atoms with Crippen molar-refractivity contribution in [1.82, 2.24) is 4.98 Å². The van der Waals surface area contributed by atoms with Gasteiger partial charge in [0.25, 0.3) is 0 Å². The molecule has 0 N–H and O–H groups in total. The Balaban J connectivity index is 0.000000561. The lowest BCUT2D eigenvalue weighted by Crippen LogP contribution is -1.92. The van der Waals surface area contributed by atoms with Gasteiger partial charge in [-0.25, -0.2) is 4.98 Å². The third-order valence-electron chi connectivity index (χ3n) is 1.45. The largest absolute Gasteiger partial charge is 0.225 e. The van der Waals surface area contributed by atoms with E-state index in [0.717, 1.165) is 5.69 Å². The van der Waals surface area contributed by atoms with Gasteiger partial charge in [-0.05, 0) is 19.4 Å².